The van der Waals surface area contributed by atoms with Crippen LogP contribution in [-0.4, -0.2) is 34.2 Å². The molecule has 0 spiro atoms. The van der Waals surface area contributed by atoms with E-state index < -0.39 is 18.3 Å². The third-order valence-corrected chi connectivity index (χ3v) is 7.23. The summed E-state index contributed by atoms with van der Waals surface area (Å²) >= 11 is 13.2. The molecule has 1 saturated heterocycles. The largest absolute Gasteiger partial charge is 0.490 e. The van der Waals surface area contributed by atoms with E-state index in [0.717, 1.165) is 5.56 Å². The molecule has 3 aromatic carbocycles. The predicted molar refractivity (Wildman–Crippen MR) is 153 cm³/mol. The second-order valence-corrected chi connectivity index (χ2v) is 10.3. The van der Waals surface area contributed by atoms with E-state index in [9.17, 15) is 14.0 Å². The first-order chi connectivity index (χ1) is 18.3. The maximum Gasteiger partial charge on any atom is 0.266 e. The van der Waals surface area contributed by atoms with Crippen molar-refractivity contribution in [3.8, 4) is 11.5 Å². The Morgan fingerprint density at radius 2 is 1.87 bits per heavy atom. The van der Waals surface area contributed by atoms with E-state index in [0.29, 0.717) is 27.1 Å². The molecule has 1 heterocycles. The van der Waals surface area contributed by atoms with Crippen molar-refractivity contribution in [2.24, 2.45) is 0 Å². The van der Waals surface area contributed by atoms with Crippen LogP contribution in [0.1, 0.15) is 31.0 Å². The van der Waals surface area contributed by atoms with Crippen LogP contribution in [0.2, 0.25) is 5.02 Å². The van der Waals surface area contributed by atoms with Gasteiger partial charge >= 0.3 is 0 Å². The highest BCUT2D eigenvalue weighted by molar-refractivity contribution is 8.26. The van der Waals surface area contributed by atoms with Crippen LogP contribution < -0.4 is 14.8 Å². The molecule has 1 N–H and O–H groups in total. The van der Waals surface area contributed by atoms with Gasteiger partial charge in [-0.1, -0.05) is 78.0 Å². The molecule has 6 nitrogen and oxygen atoms in total. The molecule has 0 bridgehead atoms. The van der Waals surface area contributed by atoms with E-state index >= 15 is 0 Å². The summed E-state index contributed by atoms with van der Waals surface area (Å²) in [7, 11) is 0. The topological polar surface area (TPSA) is 67.9 Å². The van der Waals surface area contributed by atoms with Gasteiger partial charge < -0.3 is 14.8 Å². The van der Waals surface area contributed by atoms with Gasteiger partial charge in [-0.25, -0.2) is 4.39 Å². The number of ether oxygens (including phenoxy) is 2. The summed E-state index contributed by atoms with van der Waals surface area (Å²) in [6, 6.07) is 18.6. The van der Waals surface area contributed by atoms with Crippen LogP contribution in [0.25, 0.3) is 6.08 Å². The third-order valence-electron chi connectivity index (χ3n) is 5.62. The molecular formula is C28H24ClFN2O4S2. The fourth-order valence-electron chi connectivity index (χ4n) is 3.81. The van der Waals surface area contributed by atoms with Gasteiger partial charge in [0.2, 0.25) is 0 Å². The van der Waals surface area contributed by atoms with E-state index in [1.54, 1.807) is 36.1 Å². The Bertz CT molecular complexity index is 1400. The number of nitrogens with one attached hydrogen (secondary N) is 1. The standard InChI is InChI=1S/C28H24ClFN2O4S2/c1-3-35-23-14-18(13-20(29)26(23)36-16-25(33)31-22-12-8-7-11-21(22)30)15-24-27(34)32(28(37)38-24)17(2)19-9-5-4-6-10-19/h4-15,17H,3,16H2,1-2H3,(H,31,33)/b24-15-/t17-/m1/s1. The van der Waals surface area contributed by atoms with E-state index in [1.165, 1.54) is 30.0 Å². The summed E-state index contributed by atoms with van der Waals surface area (Å²) in [5.41, 5.74) is 1.63. The number of thioether (sulfide) groups is 1. The average Bonchev–Trinajstić information content (AvgIpc) is 3.17. The Morgan fingerprint density at radius 3 is 2.58 bits per heavy atom. The number of hydrogen-bond donors (Lipinski definition) is 1. The molecule has 10 heteroatoms. The summed E-state index contributed by atoms with van der Waals surface area (Å²) in [5, 5.41) is 2.64. The van der Waals surface area contributed by atoms with Gasteiger partial charge in [-0.15, -0.1) is 0 Å². The van der Waals surface area contributed by atoms with Crippen molar-refractivity contribution in [3.63, 3.8) is 0 Å². The second kappa shape index (κ2) is 12.4. The number of para-hydroxylation sites is 1. The average molecular weight is 571 g/mol. The molecule has 0 radical (unpaired) electrons. The number of thiocarbonyl (C=S) groups is 1. The van der Waals surface area contributed by atoms with Gasteiger partial charge in [0.1, 0.15) is 10.1 Å². The fourth-order valence-corrected chi connectivity index (χ4v) is 5.50. The van der Waals surface area contributed by atoms with Crippen LogP contribution in [0.4, 0.5) is 10.1 Å². The Kier molecular flexibility index (Phi) is 9.04. The number of rotatable bonds is 9. The lowest BCUT2D eigenvalue weighted by molar-refractivity contribution is -0.123. The molecule has 3 aromatic rings. The Hall–Kier alpha value is -3.40. The number of nitrogens with zero attached hydrogens (tertiary/aromatic N) is 1. The molecule has 38 heavy (non-hydrogen) atoms. The third kappa shape index (κ3) is 6.35. The molecule has 4 rings (SSSR count). The maximum absolute atomic E-state index is 13.8. The van der Waals surface area contributed by atoms with Crippen molar-refractivity contribution < 1.29 is 23.5 Å². The first kappa shape index (κ1) is 27.6. The van der Waals surface area contributed by atoms with Crippen molar-refractivity contribution >= 4 is 63.5 Å². The smallest absolute Gasteiger partial charge is 0.266 e. The lowest BCUT2D eigenvalue weighted by atomic mass is 10.1. The number of anilines is 1. The summed E-state index contributed by atoms with van der Waals surface area (Å²) in [6.07, 6.45) is 1.69. The summed E-state index contributed by atoms with van der Waals surface area (Å²) in [4.78, 5) is 27.6. The number of carbonyl (C=O) groups excluding carboxylic acids is 2. The first-order valence-electron chi connectivity index (χ1n) is 11.7. The van der Waals surface area contributed by atoms with Gasteiger partial charge in [-0.05, 0) is 55.3 Å². The number of halogens is 2. The van der Waals surface area contributed by atoms with Crippen molar-refractivity contribution in [1.82, 2.24) is 4.90 Å². The van der Waals surface area contributed by atoms with Gasteiger partial charge in [-0.3, -0.25) is 14.5 Å². The minimum absolute atomic E-state index is 0.0477. The number of benzene rings is 3. The van der Waals surface area contributed by atoms with E-state index in [4.69, 9.17) is 33.3 Å². The van der Waals surface area contributed by atoms with E-state index in [-0.39, 0.29) is 28.4 Å². The zero-order valence-corrected chi connectivity index (χ0v) is 23.0. The minimum Gasteiger partial charge on any atom is -0.490 e. The number of hydrogen-bond acceptors (Lipinski definition) is 6. The van der Waals surface area contributed by atoms with Gasteiger partial charge in [0.25, 0.3) is 11.8 Å². The highest BCUT2D eigenvalue weighted by atomic mass is 35.5. The van der Waals surface area contributed by atoms with Gasteiger partial charge in [-0.2, -0.15) is 0 Å². The number of amides is 2. The molecule has 0 aliphatic carbocycles. The zero-order chi connectivity index (χ0) is 27.2. The molecule has 2 amide bonds. The Labute approximate surface area is 234 Å². The molecule has 1 aliphatic rings. The summed E-state index contributed by atoms with van der Waals surface area (Å²) in [5.74, 6) is -0.844. The first-order valence-corrected chi connectivity index (χ1v) is 13.3. The lowest BCUT2D eigenvalue weighted by Gasteiger charge is -2.23. The van der Waals surface area contributed by atoms with Crippen molar-refractivity contribution in [1.29, 1.82) is 0 Å². The fraction of sp³-hybridized carbons (Fsp3) is 0.179. The van der Waals surface area contributed by atoms with Crippen molar-refractivity contribution in [2.45, 2.75) is 19.9 Å². The quantitative estimate of drug-likeness (QED) is 0.224. The van der Waals surface area contributed by atoms with Gasteiger partial charge in [0.05, 0.1) is 28.3 Å². The van der Waals surface area contributed by atoms with E-state index in [2.05, 4.69) is 5.32 Å². The zero-order valence-electron chi connectivity index (χ0n) is 20.6. The SMILES string of the molecule is CCOc1cc(/C=C2\SC(=S)N([C@H](C)c3ccccc3)C2=O)cc(Cl)c1OCC(=O)Nc1ccccc1F. The van der Waals surface area contributed by atoms with Gasteiger partial charge in [0.15, 0.2) is 18.1 Å². The summed E-state index contributed by atoms with van der Waals surface area (Å²) < 4.78 is 25.6. The summed E-state index contributed by atoms with van der Waals surface area (Å²) in [6.45, 7) is 3.63. The molecule has 1 fully saturated rings. The van der Waals surface area contributed by atoms with Crippen LogP contribution >= 0.6 is 35.6 Å². The molecule has 0 saturated carbocycles. The van der Waals surface area contributed by atoms with Crippen LogP contribution in [-0.2, 0) is 9.59 Å². The minimum atomic E-state index is -0.561. The highest BCUT2D eigenvalue weighted by Gasteiger charge is 2.36. The normalized spacial score (nSPS) is 15.1. The molecule has 196 valence electrons. The monoisotopic (exact) mass is 570 g/mol. The second-order valence-electron chi connectivity index (χ2n) is 8.22. The maximum atomic E-state index is 13.8. The Morgan fingerprint density at radius 1 is 1.16 bits per heavy atom. The number of carbonyl (C=O) groups is 2. The predicted octanol–water partition coefficient (Wildman–Crippen LogP) is 6.86. The van der Waals surface area contributed by atoms with Crippen LogP contribution in [0.15, 0.2) is 71.6 Å². The molecule has 1 atom stereocenters. The van der Waals surface area contributed by atoms with Gasteiger partial charge in [0, 0.05) is 0 Å². The molecule has 0 aromatic heterocycles. The van der Waals surface area contributed by atoms with Crippen LogP contribution in [0.3, 0.4) is 0 Å². The van der Waals surface area contributed by atoms with E-state index in [1.807, 2.05) is 37.3 Å². The lowest BCUT2D eigenvalue weighted by Crippen LogP contribution is -2.30. The van der Waals surface area contributed by atoms with Crippen molar-refractivity contribution in [2.75, 3.05) is 18.5 Å². The van der Waals surface area contributed by atoms with Crippen molar-refractivity contribution in [3.05, 3.63) is 93.6 Å². The highest BCUT2D eigenvalue weighted by Crippen LogP contribution is 2.41. The molecular weight excluding hydrogens is 547 g/mol. The Balaban J connectivity index is 1.52. The molecule has 1 aliphatic heterocycles. The van der Waals surface area contributed by atoms with Crippen LogP contribution in [0.5, 0.6) is 11.5 Å². The molecule has 0 unspecified atom stereocenters. The van der Waals surface area contributed by atoms with Crippen LogP contribution in [0, 0.1) is 5.82 Å².